The van der Waals surface area contributed by atoms with Gasteiger partial charge < -0.3 is 9.64 Å². The molecule has 0 radical (unpaired) electrons. The van der Waals surface area contributed by atoms with Crippen molar-refractivity contribution in [1.82, 2.24) is 4.90 Å². The molecule has 0 saturated carbocycles. The molecule has 102 valence electrons. The van der Waals surface area contributed by atoms with Crippen LogP contribution in [-0.2, 0) is 6.42 Å². The Bertz CT molecular complexity index is 478. The first-order chi connectivity index (χ1) is 9.28. The fourth-order valence-electron chi connectivity index (χ4n) is 3.26. The van der Waals surface area contributed by atoms with Gasteiger partial charge in [-0.05, 0) is 69.1 Å². The van der Waals surface area contributed by atoms with Crippen LogP contribution in [0.4, 0.5) is 0 Å². The zero-order chi connectivity index (χ0) is 13.2. The highest BCUT2D eigenvalue weighted by molar-refractivity contribution is 6.02. The van der Waals surface area contributed by atoms with E-state index in [9.17, 15) is 4.79 Å². The molecule has 3 nitrogen and oxygen atoms in total. The SMILES string of the molecule is COc1ccc2c(c1)CC(CCN1CCCC1)C2=O. The molecule has 0 N–H and O–H groups in total. The average molecular weight is 259 g/mol. The fraction of sp³-hybridized carbons (Fsp3) is 0.562. The van der Waals surface area contributed by atoms with Gasteiger partial charge in [0.05, 0.1) is 7.11 Å². The van der Waals surface area contributed by atoms with Crippen molar-refractivity contribution in [3.05, 3.63) is 29.3 Å². The molecule has 1 heterocycles. The maximum atomic E-state index is 12.3. The maximum Gasteiger partial charge on any atom is 0.166 e. The molecular formula is C16H21NO2. The molecule has 1 aromatic rings. The number of rotatable bonds is 4. The van der Waals surface area contributed by atoms with Gasteiger partial charge in [-0.2, -0.15) is 0 Å². The molecule has 0 amide bonds. The van der Waals surface area contributed by atoms with Gasteiger partial charge in [0.2, 0.25) is 0 Å². The minimum Gasteiger partial charge on any atom is -0.497 e. The second kappa shape index (κ2) is 5.33. The smallest absolute Gasteiger partial charge is 0.166 e. The van der Waals surface area contributed by atoms with Crippen LogP contribution in [-0.4, -0.2) is 37.4 Å². The topological polar surface area (TPSA) is 29.5 Å². The van der Waals surface area contributed by atoms with Gasteiger partial charge in [0.25, 0.3) is 0 Å². The van der Waals surface area contributed by atoms with E-state index >= 15 is 0 Å². The van der Waals surface area contributed by atoms with Gasteiger partial charge in [-0.3, -0.25) is 4.79 Å². The van der Waals surface area contributed by atoms with Crippen molar-refractivity contribution in [3.8, 4) is 5.75 Å². The van der Waals surface area contributed by atoms with Crippen molar-refractivity contribution in [2.45, 2.75) is 25.7 Å². The fourth-order valence-corrected chi connectivity index (χ4v) is 3.26. The summed E-state index contributed by atoms with van der Waals surface area (Å²) in [5.41, 5.74) is 2.07. The minimum absolute atomic E-state index is 0.183. The lowest BCUT2D eigenvalue weighted by Crippen LogP contribution is -2.24. The lowest BCUT2D eigenvalue weighted by molar-refractivity contribution is 0.0923. The number of nitrogens with zero attached hydrogens (tertiary/aromatic N) is 1. The third-order valence-electron chi connectivity index (χ3n) is 4.41. The van der Waals surface area contributed by atoms with Crippen LogP contribution in [0, 0.1) is 5.92 Å². The van der Waals surface area contributed by atoms with Crippen LogP contribution < -0.4 is 4.74 Å². The van der Waals surface area contributed by atoms with Gasteiger partial charge in [0.1, 0.15) is 5.75 Å². The van der Waals surface area contributed by atoms with Crippen molar-refractivity contribution in [2.24, 2.45) is 5.92 Å². The Kier molecular flexibility index (Phi) is 3.56. The van der Waals surface area contributed by atoms with E-state index in [0.29, 0.717) is 5.78 Å². The Balaban J connectivity index is 1.65. The van der Waals surface area contributed by atoms with Crippen LogP contribution in [0.5, 0.6) is 5.75 Å². The molecule has 1 aliphatic heterocycles. The summed E-state index contributed by atoms with van der Waals surface area (Å²) in [5, 5.41) is 0. The van der Waals surface area contributed by atoms with Crippen LogP contribution in [0.15, 0.2) is 18.2 Å². The summed E-state index contributed by atoms with van der Waals surface area (Å²) in [6.07, 6.45) is 4.51. The van der Waals surface area contributed by atoms with E-state index in [1.165, 1.54) is 25.9 Å². The number of carbonyl (C=O) groups excluding carboxylic acids is 1. The van der Waals surface area contributed by atoms with Crippen LogP contribution in [0.2, 0.25) is 0 Å². The van der Waals surface area contributed by atoms with E-state index in [0.717, 1.165) is 36.3 Å². The van der Waals surface area contributed by atoms with Gasteiger partial charge >= 0.3 is 0 Å². The van der Waals surface area contributed by atoms with Gasteiger partial charge in [0.15, 0.2) is 5.78 Å². The monoisotopic (exact) mass is 259 g/mol. The first-order valence-electron chi connectivity index (χ1n) is 7.21. The zero-order valence-electron chi connectivity index (χ0n) is 11.5. The Morgan fingerprint density at radius 2 is 2.11 bits per heavy atom. The van der Waals surface area contributed by atoms with Crippen molar-refractivity contribution >= 4 is 5.78 Å². The molecule has 1 aromatic carbocycles. The van der Waals surface area contributed by atoms with E-state index in [4.69, 9.17) is 4.74 Å². The number of hydrogen-bond acceptors (Lipinski definition) is 3. The number of Topliss-reactive ketones (excluding diaryl/α,β-unsaturated/α-hetero) is 1. The summed E-state index contributed by atoms with van der Waals surface area (Å²) in [6.45, 7) is 3.49. The summed E-state index contributed by atoms with van der Waals surface area (Å²) in [6, 6.07) is 5.83. The molecule has 1 aliphatic carbocycles. The van der Waals surface area contributed by atoms with E-state index < -0.39 is 0 Å². The standard InChI is InChI=1S/C16H21NO2/c1-19-14-4-5-15-13(11-14)10-12(16(15)18)6-9-17-7-2-3-8-17/h4-5,11-12H,2-3,6-10H2,1H3. The summed E-state index contributed by atoms with van der Waals surface area (Å²) in [7, 11) is 1.67. The number of carbonyl (C=O) groups is 1. The second-order valence-corrected chi connectivity index (χ2v) is 5.63. The molecule has 1 unspecified atom stereocenters. The van der Waals surface area contributed by atoms with Crippen LogP contribution >= 0.6 is 0 Å². The molecule has 0 spiro atoms. The van der Waals surface area contributed by atoms with E-state index in [2.05, 4.69) is 4.90 Å². The van der Waals surface area contributed by atoms with Gasteiger partial charge in [-0.15, -0.1) is 0 Å². The Morgan fingerprint density at radius 3 is 2.84 bits per heavy atom. The number of fused-ring (bicyclic) bond motifs is 1. The van der Waals surface area contributed by atoms with Gasteiger partial charge in [0, 0.05) is 11.5 Å². The maximum absolute atomic E-state index is 12.3. The third-order valence-corrected chi connectivity index (χ3v) is 4.41. The summed E-state index contributed by atoms with van der Waals surface area (Å²) < 4.78 is 5.23. The Morgan fingerprint density at radius 1 is 1.32 bits per heavy atom. The van der Waals surface area contributed by atoms with Crippen molar-refractivity contribution in [1.29, 1.82) is 0 Å². The van der Waals surface area contributed by atoms with Gasteiger partial charge in [-0.1, -0.05) is 0 Å². The molecular weight excluding hydrogens is 238 g/mol. The predicted octanol–water partition coefficient (Wildman–Crippen LogP) is 2.54. The lowest BCUT2D eigenvalue weighted by Gasteiger charge is -2.16. The summed E-state index contributed by atoms with van der Waals surface area (Å²) >= 11 is 0. The molecule has 0 aromatic heterocycles. The van der Waals surface area contributed by atoms with E-state index in [-0.39, 0.29) is 5.92 Å². The highest BCUT2D eigenvalue weighted by Crippen LogP contribution is 2.31. The first kappa shape index (κ1) is 12.7. The molecule has 1 saturated heterocycles. The van der Waals surface area contributed by atoms with Crippen molar-refractivity contribution < 1.29 is 9.53 Å². The normalized spacial score (nSPS) is 22.8. The molecule has 1 fully saturated rings. The number of benzene rings is 1. The van der Waals surface area contributed by atoms with Crippen LogP contribution in [0.3, 0.4) is 0 Å². The van der Waals surface area contributed by atoms with Crippen LogP contribution in [0.25, 0.3) is 0 Å². The van der Waals surface area contributed by atoms with E-state index in [1.807, 2.05) is 18.2 Å². The average Bonchev–Trinajstić information content (AvgIpc) is 3.04. The third kappa shape index (κ3) is 2.52. The lowest BCUT2D eigenvalue weighted by atomic mass is 10.0. The molecule has 1 atom stereocenters. The van der Waals surface area contributed by atoms with Crippen LogP contribution in [0.1, 0.15) is 35.2 Å². The number of hydrogen-bond donors (Lipinski definition) is 0. The molecule has 3 heteroatoms. The van der Waals surface area contributed by atoms with E-state index in [1.54, 1.807) is 7.11 Å². The van der Waals surface area contributed by atoms with Crippen molar-refractivity contribution in [2.75, 3.05) is 26.7 Å². The zero-order valence-corrected chi connectivity index (χ0v) is 11.5. The molecule has 3 rings (SSSR count). The molecule has 19 heavy (non-hydrogen) atoms. The number of ketones is 1. The highest BCUT2D eigenvalue weighted by Gasteiger charge is 2.30. The Labute approximate surface area is 114 Å². The first-order valence-corrected chi connectivity index (χ1v) is 7.21. The number of methoxy groups -OCH3 is 1. The predicted molar refractivity (Wildman–Crippen MR) is 74.8 cm³/mol. The quantitative estimate of drug-likeness (QED) is 0.832. The minimum atomic E-state index is 0.183. The molecule has 0 bridgehead atoms. The largest absolute Gasteiger partial charge is 0.497 e. The number of ether oxygens (including phenoxy) is 1. The van der Waals surface area contributed by atoms with Crippen molar-refractivity contribution in [3.63, 3.8) is 0 Å². The number of likely N-dealkylation sites (tertiary alicyclic amines) is 1. The Hall–Kier alpha value is -1.35. The summed E-state index contributed by atoms with van der Waals surface area (Å²) in [5.74, 6) is 1.37. The second-order valence-electron chi connectivity index (χ2n) is 5.63. The summed E-state index contributed by atoms with van der Waals surface area (Å²) in [4.78, 5) is 14.8. The molecule has 2 aliphatic rings. The highest BCUT2D eigenvalue weighted by atomic mass is 16.5. The van der Waals surface area contributed by atoms with Gasteiger partial charge in [-0.25, -0.2) is 0 Å².